The predicted molar refractivity (Wildman–Crippen MR) is 98.8 cm³/mol. The number of furan rings is 1. The minimum Gasteiger partial charge on any atom is -0.459 e. The van der Waals surface area contributed by atoms with Crippen LogP contribution in [0, 0.1) is 0 Å². The van der Waals surface area contributed by atoms with Crippen molar-refractivity contribution in [3.05, 3.63) is 36.1 Å². The first-order valence-electron chi connectivity index (χ1n) is 7.36. The monoisotopic (exact) mass is 415 g/mol. The maximum Gasteiger partial charge on any atom is 0.192 e. The zero-order valence-electron chi connectivity index (χ0n) is 12.7. The van der Waals surface area contributed by atoms with Crippen LogP contribution in [0.3, 0.4) is 0 Å². The van der Waals surface area contributed by atoms with Gasteiger partial charge < -0.3 is 19.8 Å². The van der Waals surface area contributed by atoms with Crippen LogP contribution in [-0.2, 0) is 11.3 Å². The SMILES string of the molecule is COCCNC(=NCc1cc2ccccc2o1)NC1CC1.I. The maximum atomic E-state index is 5.78. The average molecular weight is 415 g/mol. The number of ether oxygens (including phenoxy) is 1. The Balaban J connectivity index is 0.00000176. The Bertz CT molecular complexity index is 590. The number of fused-ring (bicyclic) bond motifs is 1. The van der Waals surface area contributed by atoms with Crippen LogP contribution < -0.4 is 10.6 Å². The van der Waals surface area contributed by atoms with E-state index >= 15 is 0 Å². The topological polar surface area (TPSA) is 58.8 Å². The second-order valence-corrected chi connectivity index (χ2v) is 5.25. The first-order valence-corrected chi connectivity index (χ1v) is 7.36. The van der Waals surface area contributed by atoms with Crippen LogP contribution in [0.4, 0.5) is 0 Å². The summed E-state index contributed by atoms with van der Waals surface area (Å²) in [6, 6.07) is 10.6. The smallest absolute Gasteiger partial charge is 0.192 e. The van der Waals surface area contributed by atoms with Gasteiger partial charge in [-0.3, -0.25) is 0 Å². The summed E-state index contributed by atoms with van der Waals surface area (Å²) in [4.78, 5) is 4.59. The average Bonchev–Trinajstić information content (AvgIpc) is 3.21. The lowest BCUT2D eigenvalue weighted by Gasteiger charge is -2.11. The van der Waals surface area contributed by atoms with Gasteiger partial charge in [-0.1, -0.05) is 18.2 Å². The zero-order chi connectivity index (χ0) is 14.5. The van der Waals surface area contributed by atoms with Crippen molar-refractivity contribution in [3.63, 3.8) is 0 Å². The molecule has 0 atom stereocenters. The van der Waals surface area contributed by atoms with Crippen LogP contribution in [-0.4, -0.2) is 32.3 Å². The molecule has 0 radical (unpaired) electrons. The molecule has 1 fully saturated rings. The summed E-state index contributed by atoms with van der Waals surface area (Å²) in [7, 11) is 1.70. The van der Waals surface area contributed by atoms with Crippen molar-refractivity contribution in [2.45, 2.75) is 25.4 Å². The Morgan fingerprint density at radius 1 is 1.36 bits per heavy atom. The molecule has 0 aliphatic heterocycles. The van der Waals surface area contributed by atoms with Crippen LogP contribution in [0.5, 0.6) is 0 Å². The lowest BCUT2D eigenvalue weighted by Crippen LogP contribution is -2.40. The van der Waals surface area contributed by atoms with E-state index in [4.69, 9.17) is 9.15 Å². The molecule has 0 saturated heterocycles. The standard InChI is InChI=1S/C16H21N3O2.HI/c1-20-9-8-17-16(19-13-6-7-13)18-11-14-10-12-4-2-3-5-15(12)21-14;/h2-5,10,13H,6-9,11H2,1H3,(H2,17,18,19);1H. The number of nitrogens with zero attached hydrogens (tertiary/aromatic N) is 1. The van der Waals surface area contributed by atoms with Gasteiger partial charge in [0.05, 0.1) is 6.61 Å². The molecule has 1 saturated carbocycles. The van der Waals surface area contributed by atoms with E-state index in [1.54, 1.807) is 7.11 Å². The molecule has 6 heteroatoms. The summed E-state index contributed by atoms with van der Waals surface area (Å²) in [6.45, 7) is 1.94. The highest BCUT2D eigenvalue weighted by Gasteiger charge is 2.22. The van der Waals surface area contributed by atoms with Gasteiger partial charge in [0.2, 0.25) is 0 Å². The number of rotatable bonds is 6. The molecule has 1 aromatic carbocycles. The zero-order valence-corrected chi connectivity index (χ0v) is 15.0. The third-order valence-electron chi connectivity index (χ3n) is 3.39. The molecule has 22 heavy (non-hydrogen) atoms. The third-order valence-corrected chi connectivity index (χ3v) is 3.39. The largest absolute Gasteiger partial charge is 0.459 e. The summed E-state index contributed by atoms with van der Waals surface area (Å²) in [5, 5.41) is 7.78. The molecule has 2 aromatic rings. The number of aliphatic imine (C=N–C) groups is 1. The molecule has 0 amide bonds. The van der Waals surface area contributed by atoms with E-state index in [0.717, 1.165) is 29.2 Å². The first-order chi connectivity index (χ1) is 10.3. The second kappa shape index (κ2) is 8.38. The fourth-order valence-corrected chi connectivity index (χ4v) is 2.12. The molecular weight excluding hydrogens is 393 g/mol. The van der Waals surface area contributed by atoms with E-state index in [9.17, 15) is 0 Å². The normalized spacial score (nSPS) is 14.7. The van der Waals surface area contributed by atoms with E-state index in [1.165, 1.54) is 12.8 Å². The number of benzene rings is 1. The number of nitrogens with one attached hydrogen (secondary N) is 2. The molecule has 0 unspecified atom stereocenters. The van der Waals surface area contributed by atoms with Gasteiger partial charge in [0.15, 0.2) is 5.96 Å². The van der Waals surface area contributed by atoms with Crippen LogP contribution in [0.15, 0.2) is 39.7 Å². The van der Waals surface area contributed by atoms with Gasteiger partial charge in [-0.25, -0.2) is 4.99 Å². The van der Waals surface area contributed by atoms with Gasteiger partial charge >= 0.3 is 0 Å². The summed E-state index contributed by atoms with van der Waals surface area (Å²) in [5.41, 5.74) is 0.909. The van der Waals surface area contributed by atoms with E-state index in [-0.39, 0.29) is 24.0 Å². The summed E-state index contributed by atoms with van der Waals surface area (Å²) < 4.78 is 10.8. The van der Waals surface area contributed by atoms with Crippen LogP contribution in [0.25, 0.3) is 11.0 Å². The lowest BCUT2D eigenvalue weighted by atomic mass is 10.2. The van der Waals surface area contributed by atoms with Crippen molar-refractivity contribution in [2.75, 3.05) is 20.3 Å². The van der Waals surface area contributed by atoms with Gasteiger partial charge in [-0.2, -0.15) is 0 Å². The minimum absolute atomic E-state index is 0. The molecule has 1 aliphatic rings. The molecule has 0 spiro atoms. The van der Waals surface area contributed by atoms with E-state index in [2.05, 4.69) is 15.6 Å². The summed E-state index contributed by atoms with van der Waals surface area (Å²) in [5.74, 6) is 1.70. The molecule has 1 heterocycles. The minimum atomic E-state index is 0. The molecule has 120 valence electrons. The van der Waals surface area contributed by atoms with Crippen molar-refractivity contribution >= 4 is 40.9 Å². The number of guanidine groups is 1. The highest BCUT2D eigenvalue weighted by Crippen LogP contribution is 2.20. The van der Waals surface area contributed by atoms with Crippen LogP contribution in [0.1, 0.15) is 18.6 Å². The Morgan fingerprint density at radius 3 is 2.91 bits per heavy atom. The van der Waals surface area contributed by atoms with Crippen molar-refractivity contribution in [2.24, 2.45) is 4.99 Å². The van der Waals surface area contributed by atoms with Crippen LogP contribution >= 0.6 is 24.0 Å². The molecular formula is C16H22IN3O2. The Morgan fingerprint density at radius 2 is 2.18 bits per heavy atom. The molecule has 2 N–H and O–H groups in total. The Kier molecular flexibility index (Phi) is 6.50. The Labute approximate surface area is 147 Å². The summed E-state index contributed by atoms with van der Waals surface area (Å²) >= 11 is 0. The lowest BCUT2D eigenvalue weighted by molar-refractivity contribution is 0.203. The number of hydrogen-bond donors (Lipinski definition) is 2. The summed E-state index contributed by atoms with van der Waals surface area (Å²) in [6.07, 6.45) is 2.44. The van der Waals surface area contributed by atoms with Gasteiger partial charge in [-0.05, 0) is 25.0 Å². The number of methoxy groups -OCH3 is 1. The molecule has 1 aromatic heterocycles. The number of halogens is 1. The van der Waals surface area contributed by atoms with Gasteiger partial charge in [0, 0.05) is 25.1 Å². The third kappa shape index (κ3) is 4.88. The molecule has 1 aliphatic carbocycles. The number of para-hydroxylation sites is 1. The fraction of sp³-hybridized carbons (Fsp3) is 0.438. The number of hydrogen-bond acceptors (Lipinski definition) is 3. The van der Waals surface area contributed by atoms with Crippen molar-refractivity contribution < 1.29 is 9.15 Å². The van der Waals surface area contributed by atoms with Crippen LogP contribution in [0.2, 0.25) is 0 Å². The van der Waals surface area contributed by atoms with Crippen molar-refractivity contribution in [3.8, 4) is 0 Å². The second-order valence-electron chi connectivity index (χ2n) is 5.25. The van der Waals surface area contributed by atoms with Crippen molar-refractivity contribution in [1.82, 2.24) is 10.6 Å². The highest BCUT2D eigenvalue weighted by atomic mass is 127. The fourth-order valence-electron chi connectivity index (χ4n) is 2.12. The van der Waals surface area contributed by atoms with Gasteiger partial charge in [0.25, 0.3) is 0 Å². The van der Waals surface area contributed by atoms with Crippen molar-refractivity contribution in [1.29, 1.82) is 0 Å². The highest BCUT2D eigenvalue weighted by molar-refractivity contribution is 14.0. The first kappa shape index (κ1) is 17.1. The van der Waals surface area contributed by atoms with Gasteiger partial charge in [-0.15, -0.1) is 24.0 Å². The van der Waals surface area contributed by atoms with E-state index in [0.29, 0.717) is 19.2 Å². The van der Waals surface area contributed by atoms with E-state index < -0.39 is 0 Å². The molecule has 3 rings (SSSR count). The quantitative estimate of drug-likeness (QED) is 0.330. The van der Waals surface area contributed by atoms with E-state index in [1.807, 2.05) is 30.3 Å². The van der Waals surface area contributed by atoms with Gasteiger partial charge in [0.1, 0.15) is 17.9 Å². The predicted octanol–water partition coefficient (Wildman–Crippen LogP) is 2.89. The molecule has 5 nitrogen and oxygen atoms in total. The Hall–Kier alpha value is -1.28. The maximum absolute atomic E-state index is 5.78. The molecule has 0 bridgehead atoms.